The first-order valence-electron chi connectivity index (χ1n) is 8.95. The van der Waals surface area contributed by atoms with Crippen molar-refractivity contribution < 1.29 is 13.2 Å². The molecule has 2 aromatic carbocycles. The zero-order valence-corrected chi connectivity index (χ0v) is 16.7. The number of nitrogens with one attached hydrogen (secondary N) is 1. The van der Waals surface area contributed by atoms with Crippen LogP contribution in [0.3, 0.4) is 0 Å². The molecule has 27 heavy (non-hydrogen) atoms. The number of rotatable bonds is 6. The molecule has 0 spiro atoms. The fraction of sp³-hybridized carbons (Fsp3) is 0.350. The molecule has 7 heteroatoms. The quantitative estimate of drug-likeness (QED) is 0.824. The van der Waals surface area contributed by atoms with E-state index in [-0.39, 0.29) is 10.8 Å². The Morgan fingerprint density at radius 3 is 2.67 bits per heavy atom. The van der Waals surface area contributed by atoms with Crippen molar-refractivity contribution >= 4 is 21.6 Å². The van der Waals surface area contributed by atoms with Crippen LogP contribution in [0, 0.1) is 6.92 Å². The molecule has 1 aliphatic heterocycles. The van der Waals surface area contributed by atoms with E-state index >= 15 is 0 Å². The van der Waals surface area contributed by atoms with E-state index in [0.717, 1.165) is 23.8 Å². The topological polar surface area (TPSA) is 69.7 Å². The van der Waals surface area contributed by atoms with E-state index in [1.807, 2.05) is 12.1 Å². The van der Waals surface area contributed by atoms with Crippen LogP contribution in [-0.4, -0.2) is 52.4 Å². The highest BCUT2D eigenvalue weighted by Gasteiger charge is 2.22. The van der Waals surface area contributed by atoms with Crippen molar-refractivity contribution in [2.24, 2.45) is 0 Å². The molecule has 0 saturated carbocycles. The first-order chi connectivity index (χ1) is 12.8. The molecule has 0 saturated heterocycles. The number of hydrogen-bond acceptors (Lipinski definition) is 4. The number of aryl methyl sites for hydroxylation is 1. The Morgan fingerprint density at radius 1 is 1.19 bits per heavy atom. The second kappa shape index (κ2) is 7.70. The fourth-order valence-electron chi connectivity index (χ4n) is 3.26. The molecule has 0 aliphatic carbocycles. The van der Waals surface area contributed by atoms with Crippen LogP contribution in [0.2, 0.25) is 0 Å². The van der Waals surface area contributed by atoms with Gasteiger partial charge in [0.1, 0.15) is 0 Å². The Hall–Kier alpha value is -2.38. The molecule has 0 bridgehead atoms. The van der Waals surface area contributed by atoms with Crippen LogP contribution in [0.1, 0.15) is 21.5 Å². The lowest BCUT2D eigenvalue weighted by Gasteiger charge is -2.19. The summed E-state index contributed by atoms with van der Waals surface area (Å²) in [6.07, 6.45) is 1.02. The van der Waals surface area contributed by atoms with Crippen molar-refractivity contribution in [2.45, 2.75) is 18.2 Å². The van der Waals surface area contributed by atoms with Crippen LogP contribution in [-0.2, 0) is 16.4 Å². The van der Waals surface area contributed by atoms with Crippen molar-refractivity contribution in [1.29, 1.82) is 0 Å². The number of carbonyl (C=O) groups excluding carboxylic acids is 1. The van der Waals surface area contributed by atoms with Crippen molar-refractivity contribution in [3.63, 3.8) is 0 Å². The van der Waals surface area contributed by atoms with Gasteiger partial charge in [-0.05, 0) is 42.7 Å². The third-order valence-corrected chi connectivity index (χ3v) is 6.82. The van der Waals surface area contributed by atoms with Crippen LogP contribution in [0.4, 0.5) is 5.69 Å². The number of fused-ring (bicyclic) bond motifs is 1. The summed E-state index contributed by atoms with van der Waals surface area (Å²) in [4.78, 5) is 14.9. The zero-order valence-electron chi connectivity index (χ0n) is 15.9. The van der Waals surface area contributed by atoms with E-state index in [4.69, 9.17) is 0 Å². The van der Waals surface area contributed by atoms with Gasteiger partial charge in [-0.2, -0.15) is 0 Å². The van der Waals surface area contributed by atoms with Gasteiger partial charge in [-0.3, -0.25) is 4.79 Å². The number of para-hydroxylation sites is 1. The minimum atomic E-state index is -3.59. The predicted octanol–water partition coefficient (Wildman–Crippen LogP) is 2.04. The second-order valence-electron chi connectivity index (χ2n) is 6.89. The summed E-state index contributed by atoms with van der Waals surface area (Å²) in [5.74, 6) is -0.266. The fourth-order valence-corrected chi connectivity index (χ4v) is 4.41. The second-order valence-corrected chi connectivity index (χ2v) is 9.01. The van der Waals surface area contributed by atoms with E-state index in [1.54, 1.807) is 19.1 Å². The highest BCUT2D eigenvalue weighted by molar-refractivity contribution is 7.89. The van der Waals surface area contributed by atoms with Gasteiger partial charge in [0.05, 0.1) is 4.90 Å². The van der Waals surface area contributed by atoms with Gasteiger partial charge in [0.2, 0.25) is 10.0 Å². The number of benzene rings is 2. The van der Waals surface area contributed by atoms with E-state index in [9.17, 15) is 13.2 Å². The lowest BCUT2D eigenvalue weighted by atomic mass is 10.1. The maximum Gasteiger partial charge on any atom is 0.251 e. The molecule has 0 fully saturated rings. The van der Waals surface area contributed by atoms with E-state index in [2.05, 4.69) is 22.3 Å². The Balaban J connectivity index is 1.66. The number of nitrogens with zero attached hydrogens (tertiary/aromatic N) is 2. The molecule has 2 aromatic rings. The van der Waals surface area contributed by atoms with Gasteiger partial charge in [-0.15, -0.1) is 0 Å². The van der Waals surface area contributed by atoms with Crippen LogP contribution in [0.5, 0.6) is 0 Å². The first-order valence-corrected chi connectivity index (χ1v) is 10.4. The molecule has 1 amide bonds. The molecule has 0 unspecified atom stereocenters. The summed E-state index contributed by atoms with van der Waals surface area (Å²) in [7, 11) is -0.622. The van der Waals surface area contributed by atoms with Gasteiger partial charge < -0.3 is 10.2 Å². The lowest BCUT2D eigenvalue weighted by Crippen LogP contribution is -2.34. The van der Waals surface area contributed by atoms with Gasteiger partial charge in [0, 0.05) is 45.0 Å². The van der Waals surface area contributed by atoms with Gasteiger partial charge >= 0.3 is 0 Å². The van der Waals surface area contributed by atoms with Crippen LogP contribution < -0.4 is 10.2 Å². The molecule has 1 heterocycles. The largest absolute Gasteiger partial charge is 0.369 e. The van der Waals surface area contributed by atoms with Gasteiger partial charge in [-0.1, -0.05) is 24.3 Å². The molecule has 144 valence electrons. The van der Waals surface area contributed by atoms with Crippen molar-refractivity contribution in [3.05, 3.63) is 59.2 Å². The molecule has 0 atom stereocenters. The van der Waals surface area contributed by atoms with Crippen molar-refractivity contribution in [2.75, 3.05) is 38.6 Å². The van der Waals surface area contributed by atoms with Gasteiger partial charge in [-0.25, -0.2) is 12.7 Å². The van der Waals surface area contributed by atoms with E-state index < -0.39 is 10.0 Å². The van der Waals surface area contributed by atoms with E-state index in [0.29, 0.717) is 17.7 Å². The Morgan fingerprint density at radius 2 is 1.93 bits per heavy atom. The number of amides is 1. The summed E-state index contributed by atoms with van der Waals surface area (Å²) >= 11 is 0. The average molecular weight is 388 g/mol. The number of carbonyl (C=O) groups is 1. The normalized spacial score (nSPS) is 13.7. The Kier molecular flexibility index (Phi) is 5.53. The third kappa shape index (κ3) is 3.99. The maximum atomic E-state index is 12.5. The highest BCUT2D eigenvalue weighted by Crippen LogP contribution is 2.26. The average Bonchev–Trinajstić information content (AvgIpc) is 3.05. The SMILES string of the molecule is Cc1ccc(C(=O)NCCN2CCc3ccccc32)cc1S(=O)(=O)N(C)C. The smallest absolute Gasteiger partial charge is 0.251 e. The summed E-state index contributed by atoms with van der Waals surface area (Å²) in [6, 6.07) is 13.1. The lowest BCUT2D eigenvalue weighted by molar-refractivity contribution is 0.0954. The molecule has 3 rings (SSSR count). The monoisotopic (exact) mass is 387 g/mol. The molecule has 6 nitrogen and oxygen atoms in total. The maximum absolute atomic E-state index is 12.5. The highest BCUT2D eigenvalue weighted by atomic mass is 32.2. The van der Waals surface area contributed by atoms with Crippen LogP contribution in [0.15, 0.2) is 47.4 Å². The standard InChI is InChI=1S/C20H25N3O3S/c1-15-8-9-17(14-19(15)27(25,26)22(2)3)20(24)21-11-13-23-12-10-16-6-4-5-7-18(16)23/h4-9,14H,10-13H2,1-3H3,(H,21,24). The summed E-state index contributed by atoms with van der Waals surface area (Å²) in [6.45, 7) is 3.89. The molecule has 1 aliphatic rings. The van der Waals surface area contributed by atoms with Gasteiger partial charge in [0.15, 0.2) is 0 Å². The van der Waals surface area contributed by atoms with Gasteiger partial charge in [0.25, 0.3) is 5.91 Å². The minimum Gasteiger partial charge on any atom is -0.369 e. The van der Waals surface area contributed by atoms with Crippen molar-refractivity contribution in [3.8, 4) is 0 Å². The summed E-state index contributed by atoms with van der Waals surface area (Å²) in [5.41, 5.74) is 3.53. The number of sulfonamides is 1. The van der Waals surface area contributed by atoms with E-state index in [1.165, 1.54) is 31.4 Å². The zero-order chi connectivity index (χ0) is 19.6. The molecular weight excluding hydrogens is 362 g/mol. The predicted molar refractivity (Wildman–Crippen MR) is 107 cm³/mol. The Bertz CT molecular complexity index is 955. The molecular formula is C20H25N3O3S. The summed E-state index contributed by atoms with van der Waals surface area (Å²) < 4.78 is 26.0. The van der Waals surface area contributed by atoms with Crippen molar-refractivity contribution in [1.82, 2.24) is 9.62 Å². The summed E-state index contributed by atoms with van der Waals surface area (Å²) in [5, 5.41) is 2.89. The molecule has 0 aromatic heterocycles. The van der Waals surface area contributed by atoms with Crippen LogP contribution in [0.25, 0.3) is 0 Å². The first kappa shape index (κ1) is 19.4. The Labute approximate surface area is 160 Å². The molecule has 0 radical (unpaired) electrons. The number of hydrogen-bond donors (Lipinski definition) is 1. The minimum absolute atomic E-state index is 0.161. The van der Waals surface area contributed by atoms with Crippen LogP contribution >= 0.6 is 0 Å². The number of anilines is 1. The third-order valence-electron chi connectivity index (χ3n) is 4.86. The molecule has 1 N–H and O–H groups in total.